The van der Waals surface area contributed by atoms with Crippen LogP contribution in [-0.2, 0) is 4.79 Å². The van der Waals surface area contributed by atoms with Crippen LogP contribution in [0.4, 0.5) is 0 Å². The smallest absolute Gasteiger partial charge is 0.237 e. The van der Waals surface area contributed by atoms with Gasteiger partial charge in [0.1, 0.15) is 0 Å². The molecule has 1 saturated heterocycles. The Morgan fingerprint density at radius 1 is 1.35 bits per heavy atom. The van der Waals surface area contributed by atoms with Gasteiger partial charge in [-0.2, -0.15) is 11.8 Å². The monoisotopic (exact) mass is 256 g/mol. The quantitative estimate of drug-likeness (QED) is 0.808. The van der Waals surface area contributed by atoms with Crippen LogP contribution < -0.4 is 10.6 Å². The topological polar surface area (TPSA) is 41.1 Å². The Morgan fingerprint density at radius 2 is 2.18 bits per heavy atom. The van der Waals surface area contributed by atoms with Gasteiger partial charge in [0.2, 0.25) is 5.91 Å². The molecule has 4 heteroatoms. The maximum Gasteiger partial charge on any atom is 0.237 e. The zero-order chi connectivity index (χ0) is 12.3. The van der Waals surface area contributed by atoms with E-state index in [1.54, 1.807) is 0 Å². The Hall–Kier alpha value is -0.220. The van der Waals surface area contributed by atoms with Gasteiger partial charge in [0.25, 0.3) is 0 Å². The number of carbonyl (C=O) groups is 1. The molecule has 1 aliphatic heterocycles. The lowest BCUT2D eigenvalue weighted by atomic mass is 9.94. The molecule has 1 amide bonds. The van der Waals surface area contributed by atoms with E-state index in [0.29, 0.717) is 12.0 Å². The average molecular weight is 256 g/mol. The van der Waals surface area contributed by atoms with Crippen LogP contribution in [0.1, 0.15) is 39.0 Å². The molecule has 4 unspecified atom stereocenters. The number of thioether (sulfide) groups is 1. The first kappa shape index (κ1) is 13.2. The molecule has 1 aliphatic carbocycles. The molecule has 0 radical (unpaired) electrons. The van der Waals surface area contributed by atoms with Gasteiger partial charge < -0.3 is 10.6 Å². The zero-order valence-corrected chi connectivity index (χ0v) is 11.7. The van der Waals surface area contributed by atoms with Crippen LogP contribution >= 0.6 is 11.8 Å². The third-order valence-electron chi connectivity index (χ3n) is 4.12. The summed E-state index contributed by atoms with van der Waals surface area (Å²) in [6.07, 6.45) is 8.17. The lowest BCUT2D eigenvalue weighted by Crippen LogP contribution is -2.48. The van der Waals surface area contributed by atoms with Gasteiger partial charge in [-0.15, -0.1) is 0 Å². The fourth-order valence-electron chi connectivity index (χ4n) is 2.97. The van der Waals surface area contributed by atoms with Crippen molar-refractivity contribution in [3.8, 4) is 0 Å². The van der Waals surface area contributed by atoms with Crippen LogP contribution in [0, 0.1) is 5.92 Å². The molecule has 1 saturated carbocycles. The SMILES string of the molecule is CSC1CCCC(NC(=O)C2NCCC2C)C1. The van der Waals surface area contributed by atoms with Crippen LogP contribution in [0.5, 0.6) is 0 Å². The Balaban J connectivity index is 1.81. The summed E-state index contributed by atoms with van der Waals surface area (Å²) in [5.41, 5.74) is 0. The third kappa shape index (κ3) is 3.38. The number of carbonyl (C=O) groups excluding carboxylic acids is 1. The minimum atomic E-state index is 0.0460. The molecular formula is C13H24N2OS. The van der Waals surface area contributed by atoms with Crippen molar-refractivity contribution in [1.29, 1.82) is 0 Å². The van der Waals surface area contributed by atoms with Gasteiger partial charge in [-0.05, 0) is 44.4 Å². The number of hydrogen-bond donors (Lipinski definition) is 2. The van der Waals surface area contributed by atoms with Crippen LogP contribution in [0.3, 0.4) is 0 Å². The highest BCUT2D eigenvalue weighted by atomic mass is 32.2. The van der Waals surface area contributed by atoms with E-state index in [1.165, 1.54) is 12.8 Å². The highest BCUT2D eigenvalue weighted by Crippen LogP contribution is 2.27. The largest absolute Gasteiger partial charge is 0.352 e. The fourth-order valence-corrected chi connectivity index (χ4v) is 3.79. The van der Waals surface area contributed by atoms with Gasteiger partial charge in [-0.3, -0.25) is 4.79 Å². The van der Waals surface area contributed by atoms with E-state index >= 15 is 0 Å². The fraction of sp³-hybridized carbons (Fsp3) is 0.923. The summed E-state index contributed by atoms with van der Waals surface area (Å²) < 4.78 is 0. The summed E-state index contributed by atoms with van der Waals surface area (Å²) in [4.78, 5) is 12.1. The Morgan fingerprint density at radius 3 is 2.82 bits per heavy atom. The second kappa shape index (κ2) is 6.10. The second-order valence-electron chi connectivity index (χ2n) is 5.43. The van der Waals surface area contributed by atoms with Crippen molar-refractivity contribution >= 4 is 17.7 Å². The van der Waals surface area contributed by atoms with E-state index in [0.717, 1.165) is 31.1 Å². The highest BCUT2D eigenvalue weighted by molar-refractivity contribution is 7.99. The van der Waals surface area contributed by atoms with Crippen molar-refractivity contribution in [2.24, 2.45) is 5.92 Å². The minimum Gasteiger partial charge on any atom is -0.352 e. The molecule has 1 heterocycles. The van der Waals surface area contributed by atoms with Crippen LogP contribution in [0.2, 0.25) is 0 Å². The van der Waals surface area contributed by atoms with Crippen LogP contribution in [0.15, 0.2) is 0 Å². The first-order valence-electron chi connectivity index (χ1n) is 6.77. The molecule has 0 spiro atoms. The van der Waals surface area contributed by atoms with Crippen molar-refractivity contribution in [3.05, 3.63) is 0 Å². The summed E-state index contributed by atoms with van der Waals surface area (Å²) in [6.45, 7) is 3.15. The summed E-state index contributed by atoms with van der Waals surface area (Å²) in [5.74, 6) is 0.705. The lowest BCUT2D eigenvalue weighted by Gasteiger charge is -2.30. The predicted octanol–water partition coefficient (Wildman–Crippen LogP) is 1.77. The number of hydrogen-bond acceptors (Lipinski definition) is 3. The van der Waals surface area contributed by atoms with E-state index in [-0.39, 0.29) is 11.9 Å². The normalized spacial score (nSPS) is 38.0. The number of nitrogens with one attached hydrogen (secondary N) is 2. The highest BCUT2D eigenvalue weighted by Gasteiger charge is 2.31. The summed E-state index contributed by atoms with van der Waals surface area (Å²) in [6, 6.07) is 0.452. The molecule has 0 bridgehead atoms. The van der Waals surface area contributed by atoms with E-state index in [9.17, 15) is 4.79 Å². The predicted molar refractivity (Wildman–Crippen MR) is 73.3 cm³/mol. The van der Waals surface area contributed by atoms with Crippen LogP contribution in [0.25, 0.3) is 0 Å². The number of amides is 1. The van der Waals surface area contributed by atoms with E-state index in [4.69, 9.17) is 0 Å². The molecule has 0 aromatic heterocycles. The summed E-state index contributed by atoms with van der Waals surface area (Å²) >= 11 is 1.94. The van der Waals surface area contributed by atoms with Gasteiger partial charge >= 0.3 is 0 Å². The Kier molecular flexibility index (Phi) is 4.74. The first-order valence-corrected chi connectivity index (χ1v) is 8.06. The summed E-state index contributed by atoms with van der Waals surface area (Å²) in [7, 11) is 0. The molecule has 3 nitrogen and oxygen atoms in total. The standard InChI is InChI=1S/C13H24N2OS/c1-9-6-7-14-12(9)13(16)15-10-4-3-5-11(8-10)17-2/h9-12,14H,3-8H2,1-2H3,(H,15,16). The molecule has 17 heavy (non-hydrogen) atoms. The number of rotatable bonds is 3. The molecular weight excluding hydrogens is 232 g/mol. The van der Waals surface area contributed by atoms with Crippen molar-refractivity contribution in [3.63, 3.8) is 0 Å². The van der Waals surface area contributed by atoms with Crippen molar-refractivity contribution in [2.45, 2.75) is 56.4 Å². The van der Waals surface area contributed by atoms with E-state index < -0.39 is 0 Å². The molecule has 2 aliphatic rings. The second-order valence-corrected chi connectivity index (χ2v) is 6.57. The summed E-state index contributed by atoms with van der Waals surface area (Å²) in [5, 5.41) is 7.28. The lowest BCUT2D eigenvalue weighted by molar-refractivity contribution is -0.124. The molecule has 0 aromatic rings. The van der Waals surface area contributed by atoms with E-state index in [2.05, 4.69) is 23.8 Å². The Bertz CT molecular complexity index is 272. The van der Waals surface area contributed by atoms with Crippen molar-refractivity contribution in [2.75, 3.05) is 12.8 Å². The van der Waals surface area contributed by atoms with Crippen LogP contribution in [-0.4, -0.2) is 36.0 Å². The molecule has 4 atom stereocenters. The molecule has 2 N–H and O–H groups in total. The zero-order valence-electron chi connectivity index (χ0n) is 10.9. The van der Waals surface area contributed by atoms with Gasteiger partial charge in [-0.25, -0.2) is 0 Å². The van der Waals surface area contributed by atoms with Gasteiger partial charge in [0.05, 0.1) is 6.04 Å². The van der Waals surface area contributed by atoms with E-state index in [1.807, 2.05) is 11.8 Å². The molecule has 2 fully saturated rings. The van der Waals surface area contributed by atoms with Crippen molar-refractivity contribution < 1.29 is 4.79 Å². The van der Waals surface area contributed by atoms with Gasteiger partial charge in [0, 0.05) is 11.3 Å². The maximum atomic E-state index is 12.1. The molecule has 0 aromatic carbocycles. The third-order valence-corrected chi connectivity index (χ3v) is 5.22. The van der Waals surface area contributed by atoms with Gasteiger partial charge in [-0.1, -0.05) is 13.3 Å². The molecule has 2 rings (SSSR count). The minimum absolute atomic E-state index is 0.0460. The first-order chi connectivity index (χ1) is 8.20. The molecule has 98 valence electrons. The Labute approximate surface area is 108 Å². The van der Waals surface area contributed by atoms with Crippen molar-refractivity contribution in [1.82, 2.24) is 10.6 Å². The average Bonchev–Trinajstić information content (AvgIpc) is 2.76. The maximum absolute atomic E-state index is 12.1. The van der Waals surface area contributed by atoms with Gasteiger partial charge in [0.15, 0.2) is 0 Å².